The second kappa shape index (κ2) is 7.99. The maximum Gasteiger partial charge on any atom is 0.240 e. The number of benzene rings is 1. The van der Waals surface area contributed by atoms with Crippen molar-refractivity contribution in [3.8, 4) is 0 Å². The summed E-state index contributed by atoms with van der Waals surface area (Å²) < 4.78 is 0. The zero-order chi connectivity index (χ0) is 16.3. The summed E-state index contributed by atoms with van der Waals surface area (Å²) >= 11 is 0. The molecule has 132 valence electrons. The van der Waals surface area contributed by atoms with E-state index in [0.717, 1.165) is 49.8 Å². The van der Waals surface area contributed by atoms with Crippen molar-refractivity contribution in [1.29, 1.82) is 0 Å². The van der Waals surface area contributed by atoms with E-state index in [4.69, 9.17) is 5.73 Å². The lowest BCUT2D eigenvalue weighted by molar-refractivity contribution is -0.128. The zero-order valence-electron chi connectivity index (χ0n) is 13.9. The second-order valence-corrected chi connectivity index (χ2v) is 6.78. The van der Waals surface area contributed by atoms with E-state index in [2.05, 4.69) is 11.4 Å². The number of nitrogens with one attached hydrogen (secondary N) is 1. The Kier molecular flexibility index (Phi) is 6.24. The Labute approximate surface area is 149 Å². The van der Waals surface area contributed by atoms with Gasteiger partial charge in [0.25, 0.3) is 0 Å². The van der Waals surface area contributed by atoms with Crippen molar-refractivity contribution in [2.45, 2.75) is 57.2 Å². The van der Waals surface area contributed by atoms with E-state index in [9.17, 15) is 9.59 Å². The second-order valence-electron chi connectivity index (χ2n) is 6.78. The van der Waals surface area contributed by atoms with E-state index < -0.39 is 5.54 Å². The molecule has 2 amide bonds. The fourth-order valence-corrected chi connectivity index (χ4v) is 3.52. The maximum absolute atomic E-state index is 12.3. The van der Waals surface area contributed by atoms with Crippen molar-refractivity contribution >= 4 is 24.2 Å². The van der Waals surface area contributed by atoms with E-state index in [1.807, 2.05) is 23.1 Å². The van der Waals surface area contributed by atoms with E-state index in [0.29, 0.717) is 19.5 Å². The average Bonchev–Trinajstić information content (AvgIpc) is 3.15. The van der Waals surface area contributed by atoms with Gasteiger partial charge in [0.05, 0.1) is 5.54 Å². The molecule has 1 aromatic carbocycles. The molecule has 1 aliphatic carbocycles. The van der Waals surface area contributed by atoms with Gasteiger partial charge in [0.1, 0.15) is 0 Å². The predicted molar refractivity (Wildman–Crippen MR) is 95.6 cm³/mol. The Morgan fingerprint density at radius 2 is 1.92 bits per heavy atom. The van der Waals surface area contributed by atoms with Crippen molar-refractivity contribution < 1.29 is 9.59 Å². The van der Waals surface area contributed by atoms with E-state index in [-0.39, 0.29) is 24.2 Å². The van der Waals surface area contributed by atoms with Crippen molar-refractivity contribution in [3.63, 3.8) is 0 Å². The van der Waals surface area contributed by atoms with Crippen LogP contribution in [0.3, 0.4) is 0 Å². The molecule has 0 aromatic heterocycles. The normalized spacial score (nSPS) is 19.2. The van der Waals surface area contributed by atoms with Gasteiger partial charge in [-0.15, -0.1) is 12.4 Å². The molecule has 24 heavy (non-hydrogen) atoms. The van der Waals surface area contributed by atoms with Gasteiger partial charge in [-0.1, -0.05) is 37.1 Å². The van der Waals surface area contributed by atoms with E-state index in [1.54, 1.807) is 0 Å². The number of amides is 2. The number of hydrogen-bond donors (Lipinski definition) is 2. The SMILES string of the molecule is Cl.NC1(C(=O)NCc2cccc(CN3CCCC3=O)c2)CCCC1. The van der Waals surface area contributed by atoms with Crippen molar-refractivity contribution in [3.05, 3.63) is 35.4 Å². The summed E-state index contributed by atoms with van der Waals surface area (Å²) in [7, 11) is 0. The highest BCUT2D eigenvalue weighted by Crippen LogP contribution is 2.27. The summed E-state index contributed by atoms with van der Waals surface area (Å²) in [4.78, 5) is 25.9. The minimum atomic E-state index is -0.681. The summed E-state index contributed by atoms with van der Waals surface area (Å²) in [5, 5.41) is 2.97. The van der Waals surface area contributed by atoms with Crippen LogP contribution in [0.2, 0.25) is 0 Å². The monoisotopic (exact) mass is 351 g/mol. The van der Waals surface area contributed by atoms with Crippen LogP contribution in [0.5, 0.6) is 0 Å². The standard InChI is InChI=1S/C18H25N3O2.ClH/c19-18(8-1-2-9-18)17(23)20-12-14-5-3-6-15(11-14)13-21-10-4-7-16(21)22;/h3,5-6,11H,1-2,4,7-10,12-13,19H2,(H,20,23);1H. The van der Waals surface area contributed by atoms with Gasteiger partial charge < -0.3 is 16.0 Å². The molecule has 6 heteroatoms. The maximum atomic E-state index is 12.3. The highest BCUT2D eigenvalue weighted by molar-refractivity contribution is 5.86. The summed E-state index contributed by atoms with van der Waals surface area (Å²) in [6, 6.07) is 8.06. The van der Waals surface area contributed by atoms with Gasteiger partial charge in [-0.2, -0.15) is 0 Å². The van der Waals surface area contributed by atoms with Crippen LogP contribution in [0, 0.1) is 0 Å². The van der Waals surface area contributed by atoms with Gasteiger partial charge in [0.2, 0.25) is 11.8 Å². The van der Waals surface area contributed by atoms with Crippen molar-refractivity contribution in [2.75, 3.05) is 6.54 Å². The predicted octanol–water partition coefficient (Wildman–Crippen LogP) is 2.12. The molecule has 0 unspecified atom stereocenters. The fourth-order valence-electron chi connectivity index (χ4n) is 3.52. The molecule has 0 radical (unpaired) electrons. The molecule has 0 atom stereocenters. The molecular formula is C18H26ClN3O2. The molecule has 1 saturated heterocycles. The first-order chi connectivity index (χ1) is 11.1. The van der Waals surface area contributed by atoms with Crippen LogP contribution in [0.25, 0.3) is 0 Å². The number of rotatable bonds is 5. The molecule has 3 N–H and O–H groups in total. The van der Waals surface area contributed by atoms with Gasteiger partial charge in [-0.25, -0.2) is 0 Å². The molecule has 0 bridgehead atoms. The number of carbonyl (C=O) groups excluding carboxylic acids is 2. The Balaban J connectivity index is 0.00000208. The third-order valence-corrected chi connectivity index (χ3v) is 4.94. The zero-order valence-corrected chi connectivity index (χ0v) is 14.7. The topological polar surface area (TPSA) is 75.4 Å². The summed E-state index contributed by atoms with van der Waals surface area (Å²) in [6.07, 6.45) is 5.22. The number of halogens is 1. The highest BCUT2D eigenvalue weighted by atomic mass is 35.5. The largest absolute Gasteiger partial charge is 0.350 e. The van der Waals surface area contributed by atoms with Crippen LogP contribution >= 0.6 is 12.4 Å². The van der Waals surface area contributed by atoms with Crippen molar-refractivity contribution in [1.82, 2.24) is 10.2 Å². The number of likely N-dealkylation sites (tertiary alicyclic amines) is 1. The molecule has 0 spiro atoms. The van der Waals surface area contributed by atoms with Crippen LogP contribution in [0.1, 0.15) is 49.7 Å². The number of nitrogens with zero attached hydrogens (tertiary/aromatic N) is 1. The van der Waals surface area contributed by atoms with Crippen LogP contribution in [0.15, 0.2) is 24.3 Å². The number of carbonyl (C=O) groups is 2. The lowest BCUT2D eigenvalue weighted by atomic mass is 9.98. The van der Waals surface area contributed by atoms with E-state index in [1.165, 1.54) is 0 Å². The minimum absolute atomic E-state index is 0. The van der Waals surface area contributed by atoms with Crippen molar-refractivity contribution in [2.24, 2.45) is 5.73 Å². The van der Waals surface area contributed by atoms with Gasteiger partial charge in [0.15, 0.2) is 0 Å². The summed E-state index contributed by atoms with van der Waals surface area (Å²) in [5.41, 5.74) is 7.64. The Morgan fingerprint density at radius 1 is 1.21 bits per heavy atom. The quantitative estimate of drug-likeness (QED) is 0.853. The minimum Gasteiger partial charge on any atom is -0.350 e. The van der Waals surface area contributed by atoms with Crippen LogP contribution in [0.4, 0.5) is 0 Å². The molecule has 1 aliphatic heterocycles. The van der Waals surface area contributed by atoms with Crippen LogP contribution in [-0.4, -0.2) is 28.8 Å². The fraction of sp³-hybridized carbons (Fsp3) is 0.556. The molecule has 1 saturated carbocycles. The molecule has 3 rings (SSSR count). The lowest BCUT2D eigenvalue weighted by Crippen LogP contribution is -2.51. The highest BCUT2D eigenvalue weighted by Gasteiger charge is 2.36. The number of hydrogen-bond acceptors (Lipinski definition) is 3. The average molecular weight is 352 g/mol. The molecule has 5 nitrogen and oxygen atoms in total. The summed E-state index contributed by atoms with van der Waals surface area (Å²) in [5.74, 6) is 0.185. The Hall–Kier alpha value is -1.59. The molecule has 1 heterocycles. The molecule has 2 aliphatic rings. The Bertz CT molecular complexity index is 600. The first-order valence-electron chi connectivity index (χ1n) is 8.50. The first-order valence-corrected chi connectivity index (χ1v) is 8.50. The lowest BCUT2D eigenvalue weighted by Gasteiger charge is -2.22. The third kappa shape index (κ3) is 4.28. The van der Waals surface area contributed by atoms with Gasteiger partial charge in [-0.3, -0.25) is 9.59 Å². The summed E-state index contributed by atoms with van der Waals surface area (Å²) in [6.45, 7) is 1.98. The van der Waals surface area contributed by atoms with E-state index >= 15 is 0 Å². The molecule has 2 fully saturated rings. The van der Waals surface area contributed by atoms with Crippen LogP contribution < -0.4 is 11.1 Å². The van der Waals surface area contributed by atoms with Crippen LogP contribution in [-0.2, 0) is 22.7 Å². The molecule has 1 aromatic rings. The Morgan fingerprint density at radius 3 is 2.58 bits per heavy atom. The number of nitrogens with two attached hydrogens (primary N) is 1. The van der Waals surface area contributed by atoms with Gasteiger partial charge in [0, 0.05) is 26.1 Å². The van der Waals surface area contributed by atoms with Gasteiger partial charge >= 0.3 is 0 Å². The molecular weight excluding hydrogens is 326 g/mol. The first kappa shape index (κ1) is 18.7. The van der Waals surface area contributed by atoms with Gasteiger partial charge in [-0.05, 0) is 30.4 Å². The third-order valence-electron chi connectivity index (χ3n) is 4.94. The smallest absolute Gasteiger partial charge is 0.240 e.